The summed E-state index contributed by atoms with van der Waals surface area (Å²) >= 11 is 0. The highest BCUT2D eigenvalue weighted by atomic mass is 32.2. The summed E-state index contributed by atoms with van der Waals surface area (Å²) in [6.45, 7) is 3.49. The van der Waals surface area contributed by atoms with Gasteiger partial charge in [0.25, 0.3) is 5.91 Å². The molecule has 2 aliphatic heterocycles. The Kier molecular flexibility index (Phi) is 5.81. The molecule has 2 aromatic carbocycles. The number of rotatable bonds is 3. The third-order valence-corrected chi connectivity index (χ3v) is 9.48. The SMILES string of the molecule is Cc1ccc2c(c1)C1(CCCCC1)CN2C(=O)c1cc(F)cc(S(=O)(=O)N2CCCCC2)c1. The third-order valence-electron chi connectivity index (χ3n) is 7.60. The van der Waals surface area contributed by atoms with E-state index in [4.69, 9.17) is 0 Å². The van der Waals surface area contributed by atoms with Gasteiger partial charge in [0.1, 0.15) is 5.82 Å². The fourth-order valence-electron chi connectivity index (χ4n) is 5.87. The van der Waals surface area contributed by atoms with Crippen LogP contribution in [0.4, 0.5) is 10.1 Å². The minimum Gasteiger partial charge on any atom is -0.307 e. The number of carbonyl (C=O) groups is 1. The van der Waals surface area contributed by atoms with Gasteiger partial charge in [-0.2, -0.15) is 4.31 Å². The van der Waals surface area contributed by atoms with Crippen molar-refractivity contribution in [2.75, 3.05) is 24.5 Å². The molecule has 0 bridgehead atoms. The van der Waals surface area contributed by atoms with Gasteiger partial charge >= 0.3 is 0 Å². The van der Waals surface area contributed by atoms with E-state index in [9.17, 15) is 17.6 Å². The Morgan fingerprint density at radius 1 is 0.939 bits per heavy atom. The Labute approximate surface area is 195 Å². The van der Waals surface area contributed by atoms with Crippen LogP contribution >= 0.6 is 0 Å². The normalized spacial score (nSPS) is 20.7. The van der Waals surface area contributed by atoms with E-state index in [0.29, 0.717) is 19.6 Å². The van der Waals surface area contributed by atoms with Crippen LogP contribution in [0.1, 0.15) is 72.9 Å². The molecule has 5 rings (SSSR count). The zero-order valence-electron chi connectivity index (χ0n) is 19.1. The quantitative estimate of drug-likeness (QED) is 0.622. The van der Waals surface area contributed by atoms with Gasteiger partial charge in [-0.3, -0.25) is 4.79 Å². The average molecular weight is 471 g/mol. The lowest BCUT2D eigenvalue weighted by Gasteiger charge is -2.34. The second kappa shape index (κ2) is 8.51. The number of anilines is 1. The Hall–Kier alpha value is -2.25. The van der Waals surface area contributed by atoms with Crippen LogP contribution in [0.25, 0.3) is 0 Å². The van der Waals surface area contributed by atoms with Crippen LogP contribution in [-0.2, 0) is 15.4 Å². The molecule has 2 aromatic rings. The van der Waals surface area contributed by atoms with Crippen molar-refractivity contribution >= 4 is 21.6 Å². The predicted molar refractivity (Wildman–Crippen MR) is 127 cm³/mol. The van der Waals surface area contributed by atoms with Crippen LogP contribution in [0, 0.1) is 12.7 Å². The molecule has 2 fully saturated rings. The van der Waals surface area contributed by atoms with Crippen LogP contribution in [0.15, 0.2) is 41.3 Å². The summed E-state index contributed by atoms with van der Waals surface area (Å²) in [6.07, 6.45) is 8.13. The van der Waals surface area contributed by atoms with Gasteiger partial charge in [-0.05, 0) is 62.4 Å². The Balaban J connectivity index is 1.51. The Bertz CT molecular complexity index is 1180. The molecule has 33 heavy (non-hydrogen) atoms. The Morgan fingerprint density at radius 2 is 1.64 bits per heavy atom. The van der Waals surface area contributed by atoms with Gasteiger partial charge < -0.3 is 4.90 Å². The molecular weight excluding hydrogens is 439 g/mol. The van der Waals surface area contributed by atoms with E-state index in [1.165, 1.54) is 22.4 Å². The van der Waals surface area contributed by atoms with Gasteiger partial charge in [0.15, 0.2) is 0 Å². The number of carbonyl (C=O) groups excluding carboxylic acids is 1. The molecule has 1 spiro atoms. The van der Waals surface area contributed by atoms with Gasteiger partial charge in [-0.1, -0.05) is 43.4 Å². The first-order chi connectivity index (χ1) is 15.8. The molecule has 176 valence electrons. The van der Waals surface area contributed by atoms with Crippen molar-refractivity contribution in [2.24, 2.45) is 0 Å². The molecule has 0 radical (unpaired) electrons. The Morgan fingerprint density at radius 3 is 2.36 bits per heavy atom. The van der Waals surface area contributed by atoms with Gasteiger partial charge in [0, 0.05) is 36.3 Å². The number of halogens is 1. The van der Waals surface area contributed by atoms with E-state index >= 15 is 0 Å². The summed E-state index contributed by atoms with van der Waals surface area (Å²) in [7, 11) is -3.83. The highest BCUT2D eigenvalue weighted by molar-refractivity contribution is 7.89. The number of sulfonamides is 1. The molecule has 1 amide bonds. The highest BCUT2D eigenvalue weighted by Gasteiger charge is 2.45. The lowest BCUT2D eigenvalue weighted by atomic mass is 9.70. The molecule has 0 atom stereocenters. The van der Waals surface area contributed by atoms with Crippen molar-refractivity contribution in [3.63, 3.8) is 0 Å². The molecule has 0 N–H and O–H groups in total. The summed E-state index contributed by atoms with van der Waals surface area (Å²) in [6, 6.07) is 9.72. The maximum atomic E-state index is 14.6. The first-order valence-electron chi connectivity index (χ1n) is 12.0. The molecule has 5 nitrogen and oxygen atoms in total. The highest BCUT2D eigenvalue weighted by Crippen LogP contribution is 2.49. The smallest absolute Gasteiger partial charge is 0.258 e. The number of fused-ring (bicyclic) bond motifs is 2. The molecule has 1 aliphatic carbocycles. The molecule has 1 saturated heterocycles. The molecule has 1 saturated carbocycles. The number of aryl methyl sites for hydroxylation is 1. The van der Waals surface area contributed by atoms with Crippen molar-refractivity contribution in [3.05, 3.63) is 58.9 Å². The maximum Gasteiger partial charge on any atom is 0.258 e. The summed E-state index contributed by atoms with van der Waals surface area (Å²) < 4.78 is 42.3. The summed E-state index contributed by atoms with van der Waals surface area (Å²) in [5, 5.41) is 0. The standard InChI is InChI=1S/C26H31FN2O3S/c1-19-8-9-24-23(14-19)26(10-4-2-5-11-26)18-29(24)25(30)20-15-21(27)17-22(16-20)33(31,32)28-12-6-3-7-13-28/h8-9,14-17H,2-7,10-13,18H2,1H3. The fraction of sp³-hybridized carbons (Fsp3) is 0.500. The van der Waals surface area contributed by atoms with Gasteiger partial charge in [-0.15, -0.1) is 0 Å². The van der Waals surface area contributed by atoms with Crippen molar-refractivity contribution < 1.29 is 17.6 Å². The first-order valence-corrected chi connectivity index (χ1v) is 13.5. The molecule has 2 heterocycles. The van der Waals surface area contributed by atoms with Gasteiger partial charge in [-0.25, -0.2) is 12.8 Å². The van der Waals surface area contributed by atoms with Crippen molar-refractivity contribution in [1.82, 2.24) is 4.31 Å². The van der Waals surface area contributed by atoms with E-state index in [-0.39, 0.29) is 21.8 Å². The van der Waals surface area contributed by atoms with Crippen LogP contribution in [0.5, 0.6) is 0 Å². The van der Waals surface area contributed by atoms with Crippen LogP contribution in [0.2, 0.25) is 0 Å². The second-order valence-electron chi connectivity index (χ2n) is 9.89. The van der Waals surface area contributed by atoms with E-state index in [2.05, 4.69) is 13.0 Å². The average Bonchev–Trinajstić information content (AvgIpc) is 3.12. The number of amides is 1. The summed E-state index contributed by atoms with van der Waals surface area (Å²) in [5.41, 5.74) is 3.26. The monoisotopic (exact) mass is 470 g/mol. The minimum absolute atomic E-state index is 0.0642. The minimum atomic E-state index is -3.83. The largest absolute Gasteiger partial charge is 0.307 e. The van der Waals surface area contributed by atoms with Crippen LogP contribution in [0.3, 0.4) is 0 Å². The number of piperidine rings is 1. The first kappa shape index (κ1) is 22.5. The predicted octanol–water partition coefficient (Wildman–Crippen LogP) is 5.17. The molecule has 3 aliphatic rings. The zero-order valence-corrected chi connectivity index (χ0v) is 20.0. The lowest BCUT2D eigenvalue weighted by Crippen LogP contribution is -2.38. The third kappa shape index (κ3) is 3.99. The van der Waals surface area contributed by atoms with Crippen molar-refractivity contribution in [1.29, 1.82) is 0 Å². The molecular formula is C26H31FN2O3S. The number of hydrogen-bond acceptors (Lipinski definition) is 3. The van der Waals surface area contributed by atoms with E-state index in [0.717, 1.165) is 68.3 Å². The fourth-order valence-corrected chi connectivity index (χ4v) is 7.44. The van der Waals surface area contributed by atoms with Crippen molar-refractivity contribution in [3.8, 4) is 0 Å². The lowest BCUT2D eigenvalue weighted by molar-refractivity contribution is 0.0981. The summed E-state index contributed by atoms with van der Waals surface area (Å²) in [4.78, 5) is 15.3. The van der Waals surface area contributed by atoms with E-state index in [1.807, 2.05) is 12.1 Å². The molecule has 7 heteroatoms. The molecule has 0 unspecified atom stereocenters. The van der Waals surface area contributed by atoms with Crippen LogP contribution in [-0.4, -0.2) is 38.3 Å². The van der Waals surface area contributed by atoms with E-state index in [1.54, 1.807) is 4.90 Å². The van der Waals surface area contributed by atoms with Gasteiger partial charge in [0.05, 0.1) is 4.90 Å². The molecule has 0 aromatic heterocycles. The van der Waals surface area contributed by atoms with Crippen molar-refractivity contribution in [2.45, 2.75) is 68.6 Å². The summed E-state index contributed by atoms with van der Waals surface area (Å²) in [5.74, 6) is -1.04. The number of benzene rings is 2. The van der Waals surface area contributed by atoms with Gasteiger partial charge in [0.2, 0.25) is 10.0 Å². The number of nitrogens with zero attached hydrogens (tertiary/aromatic N) is 2. The topological polar surface area (TPSA) is 57.7 Å². The number of hydrogen-bond donors (Lipinski definition) is 0. The van der Waals surface area contributed by atoms with E-state index < -0.39 is 15.8 Å². The van der Waals surface area contributed by atoms with Crippen LogP contribution < -0.4 is 4.90 Å². The maximum absolute atomic E-state index is 14.6. The zero-order chi connectivity index (χ0) is 23.2. The second-order valence-corrected chi connectivity index (χ2v) is 11.8.